The topological polar surface area (TPSA) is 117 Å². The van der Waals surface area contributed by atoms with Gasteiger partial charge in [-0.05, 0) is 55.1 Å². The number of carbonyl (C=O) groups is 3. The third-order valence-corrected chi connectivity index (χ3v) is 12.4. The number of aromatic amines is 1. The van der Waals surface area contributed by atoms with Crippen molar-refractivity contribution in [1.29, 1.82) is 0 Å². The van der Waals surface area contributed by atoms with E-state index < -0.39 is 23.8 Å². The highest BCUT2D eigenvalue weighted by atomic mass is 32.2. The van der Waals surface area contributed by atoms with Crippen molar-refractivity contribution < 1.29 is 24.2 Å². The van der Waals surface area contributed by atoms with Crippen LogP contribution in [0.15, 0.2) is 58.4 Å². The van der Waals surface area contributed by atoms with Gasteiger partial charge < -0.3 is 14.8 Å². The molecule has 2 N–H and O–H groups in total. The maximum atomic E-state index is 14.0. The number of H-pyrrole nitrogens is 1. The smallest absolute Gasteiger partial charge is 0.326 e. The van der Waals surface area contributed by atoms with Gasteiger partial charge in [-0.25, -0.2) is 4.79 Å². The van der Waals surface area contributed by atoms with Crippen molar-refractivity contribution >= 4 is 40.9 Å². The number of benzene rings is 2. The normalized spacial score (nSPS) is 29.5. The molecule has 7 rings (SSSR count). The number of carbonyl (C=O) groups excluding carboxylic acids is 2. The molecule has 2 aromatic carbocycles. The molecule has 1 aromatic heterocycles. The van der Waals surface area contributed by atoms with Crippen molar-refractivity contribution in [2.75, 3.05) is 0 Å². The van der Waals surface area contributed by atoms with Crippen LogP contribution in [-0.2, 0) is 21.0 Å². The maximum absolute atomic E-state index is 14.0. The second-order valence-corrected chi connectivity index (χ2v) is 15.0. The minimum atomic E-state index is -1.15. The molecule has 3 fully saturated rings. The molecule has 3 aromatic rings. The molecule has 2 bridgehead atoms. The van der Waals surface area contributed by atoms with E-state index in [2.05, 4.69) is 35.3 Å². The summed E-state index contributed by atoms with van der Waals surface area (Å²) in [4.78, 5) is 57.7. The highest BCUT2D eigenvalue weighted by Crippen LogP contribution is 2.69. The number of ether oxygens (including phenoxy) is 1. The summed E-state index contributed by atoms with van der Waals surface area (Å²) in [5.74, 6) is -2.44. The minimum absolute atomic E-state index is 0.00408. The number of likely N-dealkylation sites (tertiary alicyclic amines) is 1. The summed E-state index contributed by atoms with van der Waals surface area (Å²) in [7, 11) is 0. The van der Waals surface area contributed by atoms with Crippen LogP contribution in [0.25, 0.3) is 0 Å². The summed E-state index contributed by atoms with van der Waals surface area (Å²) >= 11 is 2.83. The van der Waals surface area contributed by atoms with Gasteiger partial charge in [0.15, 0.2) is 0 Å². The Morgan fingerprint density at radius 3 is 2.44 bits per heavy atom. The molecule has 7 unspecified atom stereocenters. The van der Waals surface area contributed by atoms with Crippen molar-refractivity contribution in [1.82, 2.24) is 9.88 Å². The van der Waals surface area contributed by atoms with Gasteiger partial charge in [0.1, 0.15) is 18.4 Å². The number of carboxylic acids is 1. The van der Waals surface area contributed by atoms with Gasteiger partial charge in [0, 0.05) is 21.6 Å². The van der Waals surface area contributed by atoms with E-state index >= 15 is 0 Å². The van der Waals surface area contributed by atoms with Crippen molar-refractivity contribution in [3.63, 3.8) is 0 Å². The predicted octanol–water partition coefficient (Wildman–Crippen LogP) is 5.30. The quantitative estimate of drug-likeness (QED) is 0.329. The minimum Gasteiger partial charge on any atom is -0.489 e. The molecule has 0 radical (unpaired) electrons. The first kappa shape index (κ1) is 28.4. The number of aryl methyl sites for hydroxylation is 1. The first-order valence-corrected chi connectivity index (χ1v) is 16.6. The summed E-state index contributed by atoms with van der Waals surface area (Å²) in [6.45, 7) is 6.25. The molecule has 1 saturated heterocycles. The number of amides is 2. The Balaban J connectivity index is 1.26. The zero-order chi connectivity index (χ0) is 30.2. The lowest BCUT2D eigenvalue weighted by atomic mass is 9.68. The molecule has 2 amide bonds. The summed E-state index contributed by atoms with van der Waals surface area (Å²) in [5, 5.41) is 10.9. The van der Waals surface area contributed by atoms with Crippen LogP contribution >= 0.6 is 23.1 Å². The van der Waals surface area contributed by atoms with E-state index in [1.54, 1.807) is 11.8 Å². The molecule has 4 aliphatic rings. The molecule has 2 aliphatic heterocycles. The first-order valence-electron chi connectivity index (χ1n) is 14.9. The van der Waals surface area contributed by atoms with Crippen LogP contribution in [0.2, 0.25) is 0 Å². The van der Waals surface area contributed by atoms with E-state index in [-0.39, 0.29) is 57.9 Å². The number of aromatic nitrogens is 1. The zero-order valence-corrected chi connectivity index (χ0v) is 25.8. The second kappa shape index (κ2) is 10.7. The highest BCUT2D eigenvalue weighted by molar-refractivity contribution is 8.00. The van der Waals surface area contributed by atoms with Gasteiger partial charge in [0.05, 0.1) is 16.9 Å². The lowest BCUT2D eigenvalue weighted by Crippen LogP contribution is -2.47. The molecule has 10 heteroatoms. The molecule has 2 saturated carbocycles. The van der Waals surface area contributed by atoms with E-state index in [4.69, 9.17) is 4.74 Å². The number of thiazole rings is 1. The largest absolute Gasteiger partial charge is 0.489 e. The average molecular weight is 619 g/mol. The van der Waals surface area contributed by atoms with E-state index in [9.17, 15) is 24.3 Å². The summed E-state index contributed by atoms with van der Waals surface area (Å²) < 4.78 is 6.42. The fourth-order valence-electron chi connectivity index (χ4n) is 8.17. The Morgan fingerprint density at radius 2 is 1.74 bits per heavy atom. The first-order chi connectivity index (χ1) is 20.6. The van der Waals surface area contributed by atoms with Gasteiger partial charge in [-0.3, -0.25) is 19.3 Å². The lowest BCUT2D eigenvalue weighted by molar-refractivity contribution is -0.156. The number of aliphatic carboxylic acids is 1. The Morgan fingerprint density at radius 1 is 1.05 bits per heavy atom. The Hall–Kier alpha value is -3.37. The number of para-hydroxylation sites is 1. The number of hydrogen-bond acceptors (Lipinski definition) is 7. The number of nitrogens with zero attached hydrogens (tertiary/aromatic N) is 1. The lowest BCUT2D eigenvalue weighted by Gasteiger charge is -2.43. The van der Waals surface area contributed by atoms with E-state index in [0.717, 1.165) is 38.1 Å². The second-order valence-electron chi connectivity index (χ2n) is 12.8. The molecule has 8 nitrogen and oxygen atoms in total. The zero-order valence-electron chi connectivity index (χ0n) is 24.2. The fourth-order valence-corrected chi connectivity index (χ4v) is 11.1. The summed E-state index contributed by atoms with van der Waals surface area (Å²) in [6.07, 6.45) is 0.975. The summed E-state index contributed by atoms with van der Waals surface area (Å²) in [5.41, 5.74) is 3.20. The van der Waals surface area contributed by atoms with Gasteiger partial charge in [-0.15, -0.1) is 11.8 Å². The number of fused-ring (bicyclic) bond motifs is 9. The monoisotopic (exact) mass is 618 g/mol. The highest BCUT2D eigenvalue weighted by Gasteiger charge is 2.70. The van der Waals surface area contributed by atoms with E-state index in [1.165, 1.54) is 16.9 Å². The molecule has 3 heterocycles. The number of rotatable bonds is 8. The Kier molecular flexibility index (Phi) is 7.04. The van der Waals surface area contributed by atoms with E-state index in [1.807, 2.05) is 39.0 Å². The summed E-state index contributed by atoms with van der Waals surface area (Å²) in [6, 6.07) is 15.0. The van der Waals surface area contributed by atoms with Crippen LogP contribution < -0.4 is 9.61 Å². The molecular formula is C33H34N2O6S2. The number of hydrogen-bond donors (Lipinski definition) is 2. The SMILES string of the molecule is Cc1ccc(COc2ccccc2[C@H]2c3sc(=O)[nH]c3SC3C4CC(C5C(=O)N(C(CC(C)C)C(=O)O)C(=O)C45)C32)cc1. The van der Waals surface area contributed by atoms with Gasteiger partial charge in [-0.2, -0.15) is 0 Å². The van der Waals surface area contributed by atoms with Crippen molar-refractivity contribution in [2.24, 2.45) is 35.5 Å². The predicted molar refractivity (Wildman–Crippen MR) is 163 cm³/mol. The van der Waals surface area contributed by atoms with Gasteiger partial charge in [-0.1, -0.05) is 73.2 Å². The Labute approximate surface area is 257 Å². The van der Waals surface area contributed by atoms with Crippen LogP contribution in [0, 0.1) is 42.4 Å². The number of imide groups is 1. The molecule has 43 heavy (non-hydrogen) atoms. The molecule has 0 spiro atoms. The third kappa shape index (κ3) is 4.56. The van der Waals surface area contributed by atoms with Crippen LogP contribution in [-0.4, -0.2) is 44.1 Å². The van der Waals surface area contributed by atoms with Crippen LogP contribution in [0.5, 0.6) is 5.75 Å². The van der Waals surface area contributed by atoms with Gasteiger partial charge in [0.25, 0.3) is 0 Å². The Bertz CT molecular complexity index is 1660. The standard InChI is InChI=1S/C33H34N2O6S2/c1-15(2)12-21(32(38)39)35-30(36)25-19-13-20(26(25)31(35)37)27-24(19)23(28-29(42-27)34-33(40)43-28)18-6-4-5-7-22(18)41-14-17-10-8-16(3)9-11-17/h4-11,15,19-21,23-27H,12-14H2,1-3H3,(H,34,40)(H,38,39)/t19?,20?,21?,23-,24?,25?,26?,27?/m1/s1. The number of thioether (sulfide) groups is 1. The van der Waals surface area contributed by atoms with Gasteiger partial charge >= 0.3 is 10.8 Å². The van der Waals surface area contributed by atoms with Crippen LogP contribution in [0.3, 0.4) is 0 Å². The third-order valence-electron chi connectivity index (χ3n) is 9.82. The fraction of sp³-hybridized carbons (Fsp3) is 0.455. The van der Waals surface area contributed by atoms with Crippen molar-refractivity contribution in [3.8, 4) is 5.75 Å². The number of carboxylic acid groups (broad SMARTS) is 1. The van der Waals surface area contributed by atoms with Crippen LogP contribution in [0.4, 0.5) is 0 Å². The molecule has 224 valence electrons. The van der Waals surface area contributed by atoms with Crippen molar-refractivity contribution in [3.05, 3.63) is 79.8 Å². The van der Waals surface area contributed by atoms with Crippen molar-refractivity contribution in [2.45, 2.75) is 62.5 Å². The maximum Gasteiger partial charge on any atom is 0.326 e. The van der Waals surface area contributed by atoms with Gasteiger partial charge in [0.2, 0.25) is 11.8 Å². The van der Waals surface area contributed by atoms with E-state index in [0.29, 0.717) is 6.61 Å². The van der Waals surface area contributed by atoms with Crippen LogP contribution in [0.1, 0.15) is 54.2 Å². The molecular weight excluding hydrogens is 585 g/mol. The molecule has 8 atom stereocenters. The average Bonchev–Trinajstić information content (AvgIpc) is 3.70. The number of nitrogens with one attached hydrogen (secondary N) is 1. The molecule has 2 aliphatic carbocycles.